The minimum Gasteiger partial charge on any atom is -0.491 e. The van der Waals surface area contributed by atoms with Gasteiger partial charge in [0.05, 0.1) is 29.9 Å². The number of nitrogens with zero attached hydrogens (tertiary/aromatic N) is 1. The van der Waals surface area contributed by atoms with E-state index in [1.165, 1.54) is 0 Å². The van der Waals surface area contributed by atoms with Crippen LogP contribution in [-0.2, 0) is 11.2 Å². The van der Waals surface area contributed by atoms with Crippen LogP contribution < -0.4 is 15.8 Å². The number of carbonyl (C=O) groups is 1. The fourth-order valence-electron chi connectivity index (χ4n) is 2.55. The van der Waals surface area contributed by atoms with Gasteiger partial charge in [0.15, 0.2) is 0 Å². The molecule has 1 aromatic heterocycles. The van der Waals surface area contributed by atoms with Gasteiger partial charge in [-0.3, -0.25) is 9.78 Å². The predicted octanol–water partition coefficient (Wildman–Crippen LogP) is 3.79. The SMILES string of the molecule is CCCOc1ccccc1NC(=O)Cc1ccc2cc(N)ccc2n1. The molecule has 0 saturated heterocycles. The number of nitrogens with two attached hydrogens (primary N) is 1. The molecule has 0 aliphatic rings. The zero-order valence-electron chi connectivity index (χ0n) is 14.2. The zero-order valence-corrected chi connectivity index (χ0v) is 14.2. The molecule has 0 aliphatic heterocycles. The van der Waals surface area contributed by atoms with Crippen molar-refractivity contribution in [1.29, 1.82) is 0 Å². The summed E-state index contributed by atoms with van der Waals surface area (Å²) in [6, 6.07) is 16.8. The lowest BCUT2D eigenvalue weighted by Crippen LogP contribution is -2.16. The quantitative estimate of drug-likeness (QED) is 0.672. The molecule has 0 saturated carbocycles. The van der Waals surface area contributed by atoms with Crippen molar-refractivity contribution in [2.75, 3.05) is 17.7 Å². The van der Waals surface area contributed by atoms with Crippen LogP contribution in [-0.4, -0.2) is 17.5 Å². The second-order valence-electron chi connectivity index (χ2n) is 5.82. The van der Waals surface area contributed by atoms with E-state index < -0.39 is 0 Å². The first-order chi connectivity index (χ1) is 12.2. The van der Waals surface area contributed by atoms with Crippen LogP contribution in [0.25, 0.3) is 10.9 Å². The number of hydrogen-bond acceptors (Lipinski definition) is 4. The molecule has 25 heavy (non-hydrogen) atoms. The molecule has 1 amide bonds. The van der Waals surface area contributed by atoms with E-state index in [0.717, 1.165) is 17.3 Å². The number of amides is 1. The van der Waals surface area contributed by atoms with Gasteiger partial charge in [-0.25, -0.2) is 0 Å². The lowest BCUT2D eigenvalue weighted by Gasteiger charge is -2.12. The zero-order chi connectivity index (χ0) is 17.6. The maximum atomic E-state index is 12.4. The van der Waals surface area contributed by atoms with Crippen molar-refractivity contribution in [3.05, 3.63) is 60.3 Å². The number of nitrogens with one attached hydrogen (secondary N) is 1. The molecule has 5 heteroatoms. The first-order valence-corrected chi connectivity index (χ1v) is 8.32. The Morgan fingerprint density at radius 2 is 2.00 bits per heavy atom. The summed E-state index contributed by atoms with van der Waals surface area (Å²) in [6.07, 6.45) is 1.11. The summed E-state index contributed by atoms with van der Waals surface area (Å²) >= 11 is 0. The Hall–Kier alpha value is -3.08. The number of fused-ring (bicyclic) bond motifs is 1. The topological polar surface area (TPSA) is 77.2 Å². The Morgan fingerprint density at radius 3 is 2.84 bits per heavy atom. The summed E-state index contributed by atoms with van der Waals surface area (Å²) < 4.78 is 5.66. The van der Waals surface area contributed by atoms with E-state index in [1.54, 1.807) is 6.07 Å². The van der Waals surface area contributed by atoms with Crippen molar-refractivity contribution < 1.29 is 9.53 Å². The van der Waals surface area contributed by atoms with Crippen LogP contribution in [0.15, 0.2) is 54.6 Å². The lowest BCUT2D eigenvalue weighted by molar-refractivity contribution is -0.115. The third-order valence-electron chi connectivity index (χ3n) is 3.74. The van der Waals surface area contributed by atoms with Crippen molar-refractivity contribution in [2.45, 2.75) is 19.8 Å². The van der Waals surface area contributed by atoms with Gasteiger partial charge < -0.3 is 15.8 Å². The molecule has 0 spiro atoms. The molecule has 0 radical (unpaired) electrons. The maximum Gasteiger partial charge on any atom is 0.230 e. The van der Waals surface area contributed by atoms with Crippen LogP contribution in [0, 0.1) is 0 Å². The van der Waals surface area contributed by atoms with Gasteiger partial charge in [-0.1, -0.05) is 25.1 Å². The van der Waals surface area contributed by atoms with Crippen molar-refractivity contribution in [3.63, 3.8) is 0 Å². The molecule has 3 rings (SSSR count). The monoisotopic (exact) mass is 335 g/mol. The van der Waals surface area contributed by atoms with Crippen LogP contribution in [0.5, 0.6) is 5.75 Å². The smallest absolute Gasteiger partial charge is 0.230 e. The number of hydrogen-bond donors (Lipinski definition) is 2. The molecule has 0 fully saturated rings. The van der Waals surface area contributed by atoms with E-state index in [9.17, 15) is 4.79 Å². The highest BCUT2D eigenvalue weighted by atomic mass is 16.5. The molecular formula is C20H21N3O2. The highest BCUT2D eigenvalue weighted by Gasteiger charge is 2.09. The van der Waals surface area contributed by atoms with Gasteiger partial charge in [0.25, 0.3) is 0 Å². The first-order valence-electron chi connectivity index (χ1n) is 8.32. The summed E-state index contributed by atoms with van der Waals surface area (Å²) in [7, 11) is 0. The summed E-state index contributed by atoms with van der Waals surface area (Å²) in [5, 5.41) is 3.86. The van der Waals surface area contributed by atoms with E-state index in [4.69, 9.17) is 10.5 Å². The molecule has 1 heterocycles. The number of para-hydroxylation sites is 2. The number of anilines is 2. The largest absolute Gasteiger partial charge is 0.491 e. The van der Waals surface area contributed by atoms with Crippen molar-refractivity contribution in [1.82, 2.24) is 4.98 Å². The number of benzene rings is 2. The molecule has 5 nitrogen and oxygen atoms in total. The van der Waals surface area contributed by atoms with Crippen molar-refractivity contribution in [2.24, 2.45) is 0 Å². The van der Waals surface area contributed by atoms with Crippen LogP contribution in [0.4, 0.5) is 11.4 Å². The molecule has 3 aromatic rings. The Labute approximate surface area is 146 Å². The van der Waals surface area contributed by atoms with Gasteiger partial charge in [0.2, 0.25) is 5.91 Å². The fourth-order valence-corrected chi connectivity index (χ4v) is 2.55. The van der Waals surface area contributed by atoms with Crippen LogP contribution in [0.3, 0.4) is 0 Å². The summed E-state index contributed by atoms with van der Waals surface area (Å²) in [6.45, 7) is 2.66. The molecule has 128 valence electrons. The van der Waals surface area contributed by atoms with Gasteiger partial charge in [-0.05, 0) is 42.8 Å². The average molecular weight is 335 g/mol. The number of aromatic nitrogens is 1. The molecule has 0 aliphatic carbocycles. The standard InChI is InChI=1S/C20H21N3O2/c1-2-11-25-19-6-4-3-5-18(19)23-20(24)13-16-9-7-14-12-15(21)8-10-17(14)22-16/h3-10,12H,2,11,13,21H2,1H3,(H,23,24). The normalized spacial score (nSPS) is 10.6. The van der Waals surface area contributed by atoms with Crippen LogP contribution >= 0.6 is 0 Å². The van der Waals surface area contributed by atoms with Gasteiger partial charge in [-0.15, -0.1) is 0 Å². The summed E-state index contributed by atoms with van der Waals surface area (Å²) in [5.41, 5.74) is 8.68. The fraction of sp³-hybridized carbons (Fsp3) is 0.200. The van der Waals surface area contributed by atoms with Gasteiger partial charge in [0.1, 0.15) is 5.75 Å². The number of nitrogen functional groups attached to an aromatic ring is 1. The molecule has 0 bridgehead atoms. The van der Waals surface area contributed by atoms with E-state index >= 15 is 0 Å². The molecule has 2 aromatic carbocycles. The second-order valence-corrected chi connectivity index (χ2v) is 5.82. The highest BCUT2D eigenvalue weighted by Crippen LogP contribution is 2.24. The third kappa shape index (κ3) is 4.26. The van der Waals surface area contributed by atoms with Crippen LogP contribution in [0.1, 0.15) is 19.0 Å². The number of pyridine rings is 1. The summed E-state index contributed by atoms with van der Waals surface area (Å²) in [5.74, 6) is 0.550. The van der Waals surface area contributed by atoms with Gasteiger partial charge in [-0.2, -0.15) is 0 Å². The van der Waals surface area contributed by atoms with Crippen molar-refractivity contribution >= 4 is 28.2 Å². The highest BCUT2D eigenvalue weighted by molar-refractivity contribution is 5.94. The van der Waals surface area contributed by atoms with Gasteiger partial charge >= 0.3 is 0 Å². The number of rotatable bonds is 6. The second kappa shape index (κ2) is 7.66. The Balaban J connectivity index is 1.71. The van der Waals surface area contributed by atoms with E-state index in [0.29, 0.717) is 29.4 Å². The van der Waals surface area contributed by atoms with E-state index in [-0.39, 0.29) is 12.3 Å². The Kier molecular flexibility index (Phi) is 5.14. The third-order valence-corrected chi connectivity index (χ3v) is 3.74. The number of ether oxygens (including phenoxy) is 1. The Morgan fingerprint density at radius 1 is 1.16 bits per heavy atom. The first kappa shape index (κ1) is 16.8. The molecule has 0 unspecified atom stereocenters. The molecule has 3 N–H and O–H groups in total. The predicted molar refractivity (Wildman–Crippen MR) is 101 cm³/mol. The Bertz CT molecular complexity index is 893. The minimum atomic E-state index is -0.130. The molecule has 0 atom stereocenters. The average Bonchev–Trinajstić information content (AvgIpc) is 2.61. The molecular weight excluding hydrogens is 314 g/mol. The van der Waals surface area contributed by atoms with E-state index in [2.05, 4.69) is 10.3 Å². The maximum absolute atomic E-state index is 12.4. The van der Waals surface area contributed by atoms with Crippen LogP contribution in [0.2, 0.25) is 0 Å². The lowest BCUT2D eigenvalue weighted by atomic mass is 10.1. The number of carbonyl (C=O) groups excluding carboxylic acids is 1. The minimum absolute atomic E-state index is 0.130. The van der Waals surface area contributed by atoms with Gasteiger partial charge in [0, 0.05) is 11.1 Å². The van der Waals surface area contributed by atoms with Crippen molar-refractivity contribution in [3.8, 4) is 5.75 Å². The summed E-state index contributed by atoms with van der Waals surface area (Å²) in [4.78, 5) is 16.9. The van der Waals surface area contributed by atoms with E-state index in [1.807, 2.05) is 55.5 Å².